The number of aromatic hydroxyl groups is 2. The Kier molecular flexibility index (Phi) is 6.19. The van der Waals surface area contributed by atoms with Crippen LogP contribution in [0.3, 0.4) is 0 Å². The first-order valence-corrected chi connectivity index (χ1v) is 6.85. The molecule has 1 aromatic carbocycles. The van der Waals surface area contributed by atoms with Gasteiger partial charge in [-0.1, -0.05) is 45.1 Å². The van der Waals surface area contributed by atoms with E-state index in [0.29, 0.717) is 12.0 Å². The Morgan fingerprint density at radius 3 is 2.32 bits per heavy atom. The lowest BCUT2D eigenvalue weighted by molar-refractivity contribution is 0.0690. The van der Waals surface area contributed by atoms with E-state index in [-0.39, 0.29) is 5.75 Å². The summed E-state index contributed by atoms with van der Waals surface area (Å²) in [5, 5.41) is 28.2. The van der Waals surface area contributed by atoms with E-state index >= 15 is 0 Å². The quantitative estimate of drug-likeness (QED) is 0.627. The predicted molar refractivity (Wildman–Crippen MR) is 73.8 cm³/mol. The van der Waals surface area contributed by atoms with Crippen LogP contribution in [0.2, 0.25) is 0 Å². The summed E-state index contributed by atoms with van der Waals surface area (Å²) in [5.74, 6) is -2.00. The van der Waals surface area contributed by atoms with Crippen molar-refractivity contribution in [1.82, 2.24) is 0 Å². The molecule has 0 atom stereocenters. The topological polar surface area (TPSA) is 77.8 Å². The molecule has 0 amide bonds. The van der Waals surface area contributed by atoms with Crippen LogP contribution in [-0.4, -0.2) is 21.3 Å². The van der Waals surface area contributed by atoms with Crippen LogP contribution in [0.15, 0.2) is 12.1 Å². The van der Waals surface area contributed by atoms with E-state index in [1.54, 1.807) is 6.07 Å². The average molecular weight is 266 g/mol. The average Bonchev–Trinajstić information content (AvgIpc) is 2.35. The molecule has 19 heavy (non-hydrogen) atoms. The van der Waals surface area contributed by atoms with Gasteiger partial charge in [0.2, 0.25) is 0 Å². The van der Waals surface area contributed by atoms with Crippen molar-refractivity contribution < 1.29 is 20.1 Å². The normalized spacial score (nSPS) is 10.6. The van der Waals surface area contributed by atoms with Gasteiger partial charge in [0, 0.05) is 0 Å². The van der Waals surface area contributed by atoms with Crippen molar-refractivity contribution in [3.63, 3.8) is 0 Å². The van der Waals surface area contributed by atoms with Gasteiger partial charge in [-0.2, -0.15) is 0 Å². The van der Waals surface area contributed by atoms with Crippen molar-refractivity contribution in [3.05, 3.63) is 23.3 Å². The number of unbranched alkanes of at least 4 members (excludes halogenated alkanes) is 5. The van der Waals surface area contributed by atoms with E-state index < -0.39 is 17.3 Å². The Bertz CT molecular complexity index is 426. The van der Waals surface area contributed by atoms with E-state index in [2.05, 4.69) is 6.92 Å². The minimum atomic E-state index is -1.31. The fourth-order valence-electron chi connectivity index (χ4n) is 2.13. The van der Waals surface area contributed by atoms with Crippen molar-refractivity contribution in [3.8, 4) is 11.5 Å². The summed E-state index contributed by atoms with van der Waals surface area (Å²) in [7, 11) is 0. The highest BCUT2D eigenvalue weighted by Crippen LogP contribution is 2.31. The van der Waals surface area contributed by atoms with Crippen LogP contribution in [0.1, 0.15) is 61.4 Å². The number of carboxylic acid groups (broad SMARTS) is 1. The summed E-state index contributed by atoms with van der Waals surface area (Å²) in [5.41, 5.74) is 0.189. The standard InChI is InChI=1S/C15H22O4/c1-2-3-4-5-6-7-8-11-9-10-12(16)13(14(11)17)15(18)19/h9-10,16-17H,2-8H2,1H3,(H,18,19). The molecule has 0 spiro atoms. The molecule has 3 N–H and O–H groups in total. The highest BCUT2D eigenvalue weighted by atomic mass is 16.4. The highest BCUT2D eigenvalue weighted by molar-refractivity contribution is 5.94. The molecule has 0 unspecified atom stereocenters. The Morgan fingerprint density at radius 1 is 1.05 bits per heavy atom. The summed E-state index contributed by atoms with van der Waals surface area (Å²) in [6, 6.07) is 2.92. The molecule has 1 aromatic rings. The zero-order valence-electron chi connectivity index (χ0n) is 11.4. The molecule has 4 heteroatoms. The molecule has 0 bridgehead atoms. The van der Waals surface area contributed by atoms with Crippen molar-refractivity contribution >= 4 is 5.97 Å². The molecule has 0 aliphatic rings. The summed E-state index contributed by atoms with van der Waals surface area (Å²) in [6.45, 7) is 2.17. The van der Waals surface area contributed by atoms with Crippen LogP contribution in [0.4, 0.5) is 0 Å². The number of aromatic carboxylic acids is 1. The van der Waals surface area contributed by atoms with Gasteiger partial charge in [0.05, 0.1) is 0 Å². The van der Waals surface area contributed by atoms with E-state index in [4.69, 9.17) is 5.11 Å². The van der Waals surface area contributed by atoms with Crippen LogP contribution in [0.5, 0.6) is 11.5 Å². The first-order chi connectivity index (χ1) is 9.07. The zero-order valence-corrected chi connectivity index (χ0v) is 11.4. The van der Waals surface area contributed by atoms with Gasteiger partial charge in [-0.15, -0.1) is 0 Å². The van der Waals surface area contributed by atoms with E-state index in [1.165, 1.54) is 31.7 Å². The van der Waals surface area contributed by atoms with Crippen molar-refractivity contribution in [2.24, 2.45) is 0 Å². The van der Waals surface area contributed by atoms with Crippen molar-refractivity contribution in [2.45, 2.75) is 51.9 Å². The van der Waals surface area contributed by atoms with Gasteiger partial charge in [-0.25, -0.2) is 4.79 Å². The molecular formula is C15H22O4. The summed E-state index contributed by atoms with van der Waals surface area (Å²) >= 11 is 0. The van der Waals surface area contributed by atoms with Gasteiger partial charge in [-0.05, 0) is 24.5 Å². The van der Waals surface area contributed by atoms with Crippen molar-refractivity contribution in [1.29, 1.82) is 0 Å². The lowest BCUT2D eigenvalue weighted by atomic mass is 10.0. The van der Waals surface area contributed by atoms with E-state index in [0.717, 1.165) is 12.8 Å². The molecule has 0 aliphatic carbocycles. The second-order valence-corrected chi connectivity index (χ2v) is 4.79. The minimum absolute atomic E-state index is 0.305. The Labute approximate surface area is 113 Å². The Hall–Kier alpha value is -1.71. The maximum Gasteiger partial charge on any atom is 0.343 e. The van der Waals surface area contributed by atoms with Crippen LogP contribution in [0.25, 0.3) is 0 Å². The summed E-state index contributed by atoms with van der Waals surface area (Å²) < 4.78 is 0. The number of hydrogen-bond donors (Lipinski definition) is 3. The number of rotatable bonds is 8. The van der Waals surface area contributed by atoms with E-state index in [9.17, 15) is 15.0 Å². The third-order valence-corrected chi connectivity index (χ3v) is 3.25. The number of phenols is 2. The molecule has 0 aromatic heterocycles. The second kappa shape index (κ2) is 7.67. The van der Waals surface area contributed by atoms with Gasteiger partial charge in [0.15, 0.2) is 0 Å². The molecule has 1 rings (SSSR count). The van der Waals surface area contributed by atoms with E-state index in [1.807, 2.05) is 0 Å². The largest absolute Gasteiger partial charge is 0.507 e. The predicted octanol–water partition coefficient (Wildman–Crippen LogP) is 3.70. The van der Waals surface area contributed by atoms with Gasteiger partial charge in [-0.3, -0.25) is 0 Å². The lowest BCUT2D eigenvalue weighted by Gasteiger charge is -2.08. The smallest absolute Gasteiger partial charge is 0.343 e. The molecule has 0 fully saturated rings. The molecule has 0 saturated heterocycles. The first kappa shape index (κ1) is 15.3. The van der Waals surface area contributed by atoms with Crippen LogP contribution in [0, 0.1) is 0 Å². The molecule has 4 nitrogen and oxygen atoms in total. The third-order valence-electron chi connectivity index (χ3n) is 3.25. The monoisotopic (exact) mass is 266 g/mol. The fraction of sp³-hybridized carbons (Fsp3) is 0.533. The number of benzene rings is 1. The molecule has 106 valence electrons. The van der Waals surface area contributed by atoms with Gasteiger partial charge in [0.25, 0.3) is 0 Å². The number of aryl methyl sites for hydroxylation is 1. The number of carbonyl (C=O) groups is 1. The second-order valence-electron chi connectivity index (χ2n) is 4.79. The third kappa shape index (κ3) is 4.47. The highest BCUT2D eigenvalue weighted by Gasteiger charge is 2.18. The van der Waals surface area contributed by atoms with Crippen molar-refractivity contribution in [2.75, 3.05) is 0 Å². The zero-order chi connectivity index (χ0) is 14.3. The minimum Gasteiger partial charge on any atom is -0.507 e. The number of hydrogen-bond acceptors (Lipinski definition) is 3. The number of carboxylic acids is 1. The summed E-state index contributed by atoms with van der Waals surface area (Å²) in [4.78, 5) is 10.9. The van der Waals surface area contributed by atoms with Gasteiger partial charge in [0.1, 0.15) is 17.1 Å². The first-order valence-electron chi connectivity index (χ1n) is 6.85. The molecule has 0 saturated carbocycles. The molecular weight excluding hydrogens is 244 g/mol. The Balaban J connectivity index is 2.55. The Morgan fingerprint density at radius 2 is 1.68 bits per heavy atom. The van der Waals surface area contributed by atoms with Crippen LogP contribution in [-0.2, 0) is 6.42 Å². The summed E-state index contributed by atoms with van der Waals surface area (Å²) in [6.07, 6.45) is 7.47. The maximum absolute atomic E-state index is 10.9. The fourth-order valence-corrected chi connectivity index (χ4v) is 2.13. The van der Waals surface area contributed by atoms with Crippen LogP contribution < -0.4 is 0 Å². The van der Waals surface area contributed by atoms with Gasteiger partial charge < -0.3 is 15.3 Å². The van der Waals surface area contributed by atoms with Gasteiger partial charge >= 0.3 is 5.97 Å². The SMILES string of the molecule is CCCCCCCCc1ccc(O)c(C(=O)O)c1O. The molecule has 0 aliphatic heterocycles. The molecule has 0 heterocycles. The molecule has 0 radical (unpaired) electrons. The van der Waals surface area contributed by atoms with Crippen LogP contribution >= 0.6 is 0 Å². The lowest BCUT2D eigenvalue weighted by Crippen LogP contribution is -2.00. The maximum atomic E-state index is 10.9.